The molecule has 23 heavy (non-hydrogen) atoms. The van der Waals surface area contributed by atoms with Crippen molar-refractivity contribution in [2.75, 3.05) is 45.8 Å². The lowest BCUT2D eigenvalue weighted by Crippen LogP contribution is -2.55. The highest BCUT2D eigenvalue weighted by atomic mass is 35.5. The zero-order valence-electron chi connectivity index (χ0n) is 12.9. The second-order valence-corrected chi connectivity index (χ2v) is 6.23. The summed E-state index contributed by atoms with van der Waals surface area (Å²) < 4.78 is 0. The number of piperazine rings is 2. The first-order valence-electron chi connectivity index (χ1n) is 7.90. The fraction of sp³-hybridized carbons (Fsp3) is 0.500. The van der Waals surface area contributed by atoms with Crippen molar-refractivity contribution in [1.29, 1.82) is 0 Å². The third-order valence-electron chi connectivity index (χ3n) is 4.34. The highest BCUT2D eigenvalue weighted by molar-refractivity contribution is 6.31. The van der Waals surface area contributed by atoms with Gasteiger partial charge in [-0.1, -0.05) is 29.8 Å². The summed E-state index contributed by atoms with van der Waals surface area (Å²) >= 11 is 6.30. The minimum atomic E-state index is -0.0945. The van der Waals surface area contributed by atoms with Crippen LogP contribution in [-0.4, -0.2) is 67.4 Å². The number of carbonyl (C=O) groups excluding carboxylic acids is 2. The third kappa shape index (κ3) is 3.65. The zero-order valence-corrected chi connectivity index (χ0v) is 13.7. The Hall–Kier alpha value is -1.63. The van der Waals surface area contributed by atoms with Gasteiger partial charge in [0.05, 0.1) is 19.1 Å². The highest BCUT2D eigenvalue weighted by Gasteiger charge is 2.31. The molecule has 0 aromatic heterocycles. The minimum absolute atomic E-state index is 0.0194. The number of benzene rings is 1. The van der Waals surface area contributed by atoms with Gasteiger partial charge in [-0.15, -0.1) is 0 Å². The van der Waals surface area contributed by atoms with E-state index < -0.39 is 0 Å². The molecule has 1 aromatic carbocycles. The molecule has 3 rings (SSSR count). The van der Waals surface area contributed by atoms with Gasteiger partial charge in [-0.3, -0.25) is 9.59 Å². The number of amides is 2. The van der Waals surface area contributed by atoms with E-state index in [0.29, 0.717) is 31.2 Å². The van der Waals surface area contributed by atoms with Gasteiger partial charge in [0.25, 0.3) is 0 Å². The van der Waals surface area contributed by atoms with E-state index >= 15 is 0 Å². The molecule has 2 fully saturated rings. The number of rotatable bonds is 3. The maximum Gasteiger partial charge on any atom is 0.242 e. The van der Waals surface area contributed by atoms with Crippen molar-refractivity contribution in [3.05, 3.63) is 34.9 Å². The molecule has 2 saturated heterocycles. The van der Waals surface area contributed by atoms with Crippen LogP contribution in [-0.2, 0) is 9.59 Å². The Balaban J connectivity index is 1.74. The summed E-state index contributed by atoms with van der Waals surface area (Å²) in [7, 11) is 0. The first-order valence-corrected chi connectivity index (χ1v) is 8.27. The number of carbonyl (C=O) groups is 2. The summed E-state index contributed by atoms with van der Waals surface area (Å²) in [6.07, 6.45) is 0. The SMILES string of the molecule is O=C1CNCCN1CC(=O)N1CCNCC1c1ccccc1Cl. The molecule has 2 aliphatic rings. The molecule has 0 bridgehead atoms. The van der Waals surface area contributed by atoms with E-state index in [9.17, 15) is 9.59 Å². The highest BCUT2D eigenvalue weighted by Crippen LogP contribution is 2.28. The fourth-order valence-electron chi connectivity index (χ4n) is 3.09. The van der Waals surface area contributed by atoms with E-state index in [0.717, 1.165) is 18.7 Å². The second kappa shape index (κ2) is 7.29. The monoisotopic (exact) mass is 336 g/mol. The van der Waals surface area contributed by atoms with Crippen LogP contribution in [0.5, 0.6) is 0 Å². The fourth-order valence-corrected chi connectivity index (χ4v) is 3.35. The van der Waals surface area contributed by atoms with Crippen LogP contribution in [0, 0.1) is 0 Å². The Bertz CT molecular complexity index is 595. The number of nitrogens with one attached hydrogen (secondary N) is 2. The van der Waals surface area contributed by atoms with Crippen LogP contribution in [0.1, 0.15) is 11.6 Å². The molecule has 1 aromatic rings. The zero-order chi connectivity index (χ0) is 16.2. The van der Waals surface area contributed by atoms with Gasteiger partial charge in [-0.2, -0.15) is 0 Å². The van der Waals surface area contributed by atoms with Gasteiger partial charge in [0, 0.05) is 37.7 Å². The van der Waals surface area contributed by atoms with E-state index in [1.807, 2.05) is 29.2 Å². The summed E-state index contributed by atoms with van der Waals surface area (Å²) in [5.41, 5.74) is 0.946. The van der Waals surface area contributed by atoms with E-state index in [1.54, 1.807) is 4.90 Å². The normalized spacial score (nSPS) is 22.3. The van der Waals surface area contributed by atoms with Crippen LogP contribution >= 0.6 is 11.6 Å². The Labute approximate surface area is 140 Å². The lowest BCUT2D eigenvalue weighted by molar-refractivity contribution is -0.143. The molecule has 0 spiro atoms. The molecule has 0 radical (unpaired) electrons. The van der Waals surface area contributed by atoms with Gasteiger partial charge in [-0.05, 0) is 11.6 Å². The van der Waals surface area contributed by atoms with Gasteiger partial charge in [0.15, 0.2) is 0 Å². The van der Waals surface area contributed by atoms with Crippen LogP contribution in [0.25, 0.3) is 0 Å². The summed E-state index contributed by atoms with van der Waals surface area (Å²) in [4.78, 5) is 28.1. The van der Waals surface area contributed by atoms with E-state index in [2.05, 4.69) is 10.6 Å². The lowest BCUT2D eigenvalue weighted by atomic mass is 10.0. The maximum atomic E-state index is 12.7. The number of hydrogen-bond donors (Lipinski definition) is 2. The van der Waals surface area contributed by atoms with Crippen LogP contribution in [0.15, 0.2) is 24.3 Å². The molecule has 1 unspecified atom stereocenters. The molecule has 2 amide bonds. The largest absolute Gasteiger partial charge is 0.331 e. The van der Waals surface area contributed by atoms with Gasteiger partial charge < -0.3 is 20.4 Å². The predicted octanol–water partition coefficient (Wildman–Crippen LogP) is 0.245. The van der Waals surface area contributed by atoms with Crippen molar-refractivity contribution >= 4 is 23.4 Å². The Kier molecular flexibility index (Phi) is 5.15. The number of nitrogens with zero attached hydrogens (tertiary/aromatic N) is 2. The van der Waals surface area contributed by atoms with Crippen LogP contribution in [0.4, 0.5) is 0 Å². The summed E-state index contributed by atoms with van der Waals surface area (Å²) in [5.74, 6) is -0.0410. The molecule has 124 valence electrons. The van der Waals surface area contributed by atoms with E-state index in [-0.39, 0.29) is 24.4 Å². The first kappa shape index (κ1) is 16.2. The molecule has 2 heterocycles. The molecule has 2 aliphatic heterocycles. The van der Waals surface area contributed by atoms with Crippen LogP contribution in [0.2, 0.25) is 5.02 Å². The number of hydrogen-bond acceptors (Lipinski definition) is 4. The molecule has 7 heteroatoms. The smallest absolute Gasteiger partial charge is 0.242 e. The Morgan fingerprint density at radius 2 is 2.00 bits per heavy atom. The Morgan fingerprint density at radius 1 is 1.22 bits per heavy atom. The topological polar surface area (TPSA) is 64.7 Å². The minimum Gasteiger partial charge on any atom is -0.331 e. The molecule has 6 nitrogen and oxygen atoms in total. The average Bonchev–Trinajstić information content (AvgIpc) is 2.57. The standard InChI is InChI=1S/C16H21ClN4O2/c17-13-4-2-1-3-12(13)14-9-18-6-8-21(14)16(23)11-20-7-5-19-10-15(20)22/h1-4,14,18-19H,5-11H2. The Morgan fingerprint density at radius 3 is 2.78 bits per heavy atom. The number of halogens is 1. The van der Waals surface area contributed by atoms with Crippen molar-refractivity contribution in [1.82, 2.24) is 20.4 Å². The summed E-state index contributed by atoms with van der Waals surface area (Å²) in [6, 6.07) is 7.51. The second-order valence-electron chi connectivity index (χ2n) is 5.82. The van der Waals surface area contributed by atoms with Crippen molar-refractivity contribution in [3.63, 3.8) is 0 Å². The molecular formula is C16H21ClN4O2. The van der Waals surface area contributed by atoms with E-state index in [4.69, 9.17) is 11.6 Å². The third-order valence-corrected chi connectivity index (χ3v) is 4.69. The van der Waals surface area contributed by atoms with Gasteiger partial charge >= 0.3 is 0 Å². The van der Waals surface area contributed by atoms with Crippen molar-refractivity contribution in [3.8, 4) is 0 Å². The lowest BCUT2D eigenvalue weighted by Gasteiger charge is -2.38. The average molecular weight is 337 g/mol. The predicted molar refractivity (Wildman–Crippen MR) is 88.2 cm³/mol. The van der Waals surface area contributed by atoms with Crippen LogP contribution < -0.4 is 10.6 Å². The molecule has 0 aliphatic carbocycles. The summed E-state index contributed by atoms with van der Waals surface area (Å²) in [5, 5.41) is 6.99. The first-order chi connectivity index (χ1) is 11.2. The van der Waals surface area contributed by atoms with Crippen molar-refractivity contribution < 1.29 is 9.59 Å². The summed E-state index contributed by atoms with van der Waals surface area (Å²) in [6.45, 7) is 3.80. The van der Waals surface area contributed by atoms with E-state index in [1.165, 1.54) is 0 Å². The van der Waals surface area contributed by atoms with Crippen molar-refractivity contribution in [2.24, 2.45) is 0 Å². The molecule has 1 atom stereocenters. The molecule has 0 saturated carbocycles. The van der Waals surface area contributed by atoms with Crippen molar-refractivity contribution in [2.45, 2.75) is 6.04 Å². The molecule has 2 N–H and O–H groups in total. The van der Waals surface area contributed by atoms with Crippen LogP contribution in [0.3, 0.4) is 0 Å². The van der Waals surface area contributed by atoms with Gasteiger partial charge in [-0.25, -0.2) is 0 Å². The van der Waals surface area contributed by atoms with Gasteiger partial charge in [0.2, 0.25) is 11.8 Å². The maximum absolute atomic E-state index is 12.7. The molecular weight excluding hydrogens is 316 g/mol. The van der Waals surface area contributed by atoms with Gasteiger partial charge in [0.1, 0.15) is 0 Å². The quantitative estimate of drug-likeness (QED) is 0.830.